The van der Waals surface area contributed by atoms with Crippen molar-refractivity contribution in [3.63, 3.8) is 0 Å². The summed E-state index contributed by atoms with van der Waals surface area (Å²) >= 11 is 0. The number of carboxylic acid groups (broad SMARTS) is 1. The van der Waals surface area contributed by atoms with Gasteiger partial charge in [0, 0.05) is 47.0 Å². The summed E-state index contributed by atoms with van der Waals surface area (Å²) in [7, 11) is -9.89. The van der Waals surface area contributed by atoms with Crippen molar-refractivity contribution in [2.45, 2.75) is 107 Å². The average molecular weight is 1270 g/mol. The van der Waals surface area contributed by atoms with Crippen molar-refractivity contribution in [3.8, 4) is 18.2 Å². The Morgan fingerprint density at radius 1 is 0.452 bits per heavy atom. The predicted molar refractivity (Wildman–Crippen MR) is 278 cm³/mol. The van der Waals surface area contributed by atoms with Crippen LogP contribution in [-0.4, -0.2) is 73.2 Å². The van der Waals surface area contributed by atoms with Gasteiger partial charge in [-0.25, -0.2) is 57.2 Å². The molecule has 0 bridgehead atoms. The van der Waals surface area contributed by atoms with E-state index >= 15 is 0 Å². The van der Waals surface area contributed by atoms with Crippen molar-refractivity contribution in [2.24, 2.45) is 0 Å². The van der Waals surface area contributed by atoms with Gasteiger partial charge in [-0.15, -0.1) is 26.6 Å². The van der Waals surface area contributed by atoms with Crippen LogP contribution in [0.1, 0.15) is 82.1 Å². The van der Waals surface area contributed by atoms with Gasteiger partial charge in [0.05, 0.1) is 94.5 Å². The number of nitrogens with zero attached hydrogens (tertiary/aromatic N) is 13. The van der Waals surface area contributed by atoms with Gasteiger partial charge in [-0.05, 0) is 94.9 Å². The number of carbonyl (C=O) groups excluding carboxylic acids is 1. The molecule has 0 spiro atoms. The maximum atomic E-state index is 14.6. The Kier molecular flexibility index (Phi) is 34.1. The summed E-state index contributed by atoms with van der Waals surface area (Å²) in [6, 6.07) is 46.4. The number of carboxylic acids is 1. The number of carbonyl (C=O) groups is 1. The topological polar surface area (TPSA) is 397 Å². The Balaban J connectivity index is 0.000000978. The molecule has 0 atom stereocenters. The molecule has 28 heteroatoms. The minimum atomic E-state index is -4.94. The van der Waals surface area contributed by atoms with Gasteiger partial charge in [0.2, 0.25) is 0 Å². The summed E-state index contributed by atoms with van der Waals surface area (Å²) < 4.78 is 77.0. The number of halogens is 2. The minimum Gasteiger partial charge on any atom is -0.850 e. The number of hydrogen-bond donors (Lipinski definition) is 0. The number of imidazole rings is 4. The molecule has 24 nitrogen and oxygen atoms in total. The zero-order valence-corrected chi connectivity index (χ0v) is 51.0. The third-order valence-corrected chi connectivity index (χ3v) is 11.6. The van der Waals surface area contributed by atoms with E-state index in [2.05, 4.69) is 129 Å². The maximum absolute atomic E-state index is 14.6. The molecular formula is C56H63Cl2Mn2N13O11. The third kappa shape index (κ3) is 24.7. The number of benzene rings is 5. The first-order chi connectivity index (χ1) is 39.0. The Bertz CT molecular complexity index is 3120. The summed E-state index contributed by atoms with van der Waals surface area (Å²) in [6.45, 7) is 18.9. The first kappa shape index (κ1) is 75.1. The van der Waals surface area contributed by atoms with Gasteiger partial charge >= 0.3 is 34.1 Å². The van der Waals surface area contributed by atoms with E-state index in [9.17, 15) is 15.0 Å². The number of nitriles is 3. The van der Waals surface area contributed by atoms with Crippen LogP contribution in [-0.2, 0) is 86.5 Å². The Morgan fingerprint density at radius 3 is 0.845 bits per heavy atom. The fraction of sp³-hybridized carbons (Fsp3) is 0.321. The predicted octanol–water partition coefficient (Wildman–Crippen LogP) is -1.28. The third-order valence-electron chi connectivity index (χ3n) is 11.6. The Hall–Kier alpha value is -6.90. The average Bonchev–Trinajstić information content (AvgIpc) is 3.90. The maximum Gasteiger partial charge on any atom is 2.00 e. The van der Waals surface area contributed by atoms with Gasteiger partial charge in [-0.3, -0.25) is 9.80 Å². The zero-order valence-electron chi connectivity index (χ0n) is 47.1. The summed E-state index contributed by atoms with van der Waals surface area (Å²) in [6.07, 6.45) is -0.928. The molecule has 0 aliphatic heterocycles. The Morgan fingerprint density at radius 2 is 0.655 bits per heavy atom. The molecule has 4 heterocycles. The fourth-order valence-electron chi connectivity index (χ4n) is 8.77. The van der Waals surface area contributed by atoms with E-state index in [0.29, 0.717) is 39.3 Å². The summed E-state index contributed by atoms with van der Waals surface area (Å²) in [5.74, 6) is 2.69. The molecule has 84 heavy (non-hydrogen) atoms. The summed E-state index contributed by atoms with van der Waals surface area (Å²) in [5, 5.41) is 46.7. The molecule has 446 valence electrons. The molecule has 9 aromatic rings. The van der Waals surface area contributed by atoms with E-state index in [4.69, 9.17) is 73.0 Å². The molecule has 0 aliphatic rings. The van der Waals surface area contributed by atoms with E-state index in [1.807, 2.05) is 24.3 Å². The van der Waals surface area contributed by atoms with Crippen LogP contribution in [0.4, 0.5) is 0 Å². The molecular weight excluding hydrogens is 1210 g/mol. The minimum absolute atomic E-state index is 0. The van der Waals surface area contributed by atoms with Crippen molar-refractivity contribution >= 4 is 50.1 Å². The molecule has 4 aromatic heterocycles. The molecule has 0 saturated heterocycles. The van der Waals surface area contributed by atoms with Gasteiger partial charge < -0.3 is 33.3 Å². The monoisotopic (exact) mass is 1270 g/mol. The molecule has 0 aliphatic carbocycles. The van der Waals surface area contributed by atoms with Crippen molar-refractivity contribution in [1.29, 1.82) is 15.8 Å². The Labute approximate surface area is 512 Å². The van der Waals surface area contributed by atoms with Crippen LogP contribution in [0.2, 0.25) is 0 Å². The number of aromatic nitrogens is 8. The van der Waals surface area contributed by atoms with Crippen LogP contribution in [0.25, 0.3) is 44.1 Å². The molecule has 0 saturated carbocycles. The van der Waals surface area contributed by atoms with Gasteiger partial charge in [0.15, 0.2) is 0 Å². The number of aryl methyl sites for hydroxylation is 4. The van der Waals surface area contributed by atoms with Crippen molar-refractivity contribution in [1.82, 2.24) is 48.0 Å². The molecule has 0 N–H and O–H groups in total. The number of rotatable bonds is 17. The quantitative estimate of drug-likeness (QED) is 0.0958. The van der Waals surface area contributed by atoms with Crippen LogP contribution < -0.4 is 47.5 Å². The second kappa shape index (κ2) is 38.1. The normalized spacial score (nSPS) is 10.6. The molecule has 0 unspecified atom stereocenters. The number of para-hydroxylation sites is 8. The van der Waals surface area contributed by atoms with Crippen LogP contribution in [0, 0.1) is 54.5 Å². The molecule has 0 amide bonds. The fourth-order valence-corrected chi connectivity index (χ4v) is 8.77. The van der Waals surface area contributed by atoms with E-state index in [1.165, 1.54) is 32.9 Å². The van der Waals surface area contributed by atoms with Crippen LogP contribution >= 0.6 is 0 Å². The largest absolute Gasteiger partial charge is 2.00 e. The van der Waals surface area contributed by atoms with Crippen molar-refractivity contribution < 1.29 is 107 Å². The van der Waals surface area contributed by atoms with Gasteiger partial charge in [0.1, 0.15) is 23.3 Å². The number of aromatic carboxylic acids is 1. The zero-order chi connectivity index (χ0) is 61.0. The number of hydrogen-bond acceptors (Lipinski definition) is 20. The van der Waals surface area contributed by atoms with Crippen LogP contribution in [0.5, 0.6) is 0 Å². The van der Waals surface area contributed by atoms with Crippen molar-refractivity contribution in [3.05, 3.63) is 156 Å². The van der Waals surface area contributed by atoms with Gasteiger partial charge in [-0.1, -0.05) is 78.9 Å². The number of fused-ring (bicyclic) bond motifs is 4. The van der Waals surface area contributed by atoms with E-state index in [-0.39, 0.29) is 39.7 Å². The standard InChI is InChI=1S/C43H49N10O.C7H6O2.3C2H3N.2ClHO4.2Mn/c1-5-50-36-21-13-9-17-32(36)44-40(50)27-48(28-41-45-33-18-10-14-22-37(33)51(41)6-2)25-31(54)26-49(29-42-46-34-19-11-15-23-38(34)52(42)7-3)30-43-47-35-20-12-16-24-39(35)53(43)8-4;8-7(9)6-4-2-1-3-5-6;3*1-2-3;2*2-1(3,4)5;;/h9-24,31H,5-8,25-30H2,1-4H3;1-5H,(H,8,9);3*1H3;2*(H,2,3,4,5);;/q-1;;;;;;;2*+2/p-3. The van der Waals surface area contributed by atoms with E-state index < -0.39 is 32.6 Å². The van der Waals surface area contributed by atoms with Crippen LogP contribution in [0.15, 0.2) is 127 Å². The smallest absolute Gasteiger partial charge is 0.850 e. The first-order valence-corrected chi connectivity index (χ1v) is 27.8. The molecule has 2 radical (unpaired) electrons. The van der Waals surface area contributed by atoms with Crippen molar-refractivity contribution in [2.75, 3.05) is 13.1 Å². The van der Waals surface area contributed by atoms with E-state index in [1.54, 1.807) is 36.4 Å². The summed E-state index contributed by atoms with van der Waals surface area (Å²) in [4.78, 5) is 34.9. The molecule has 9 rings (SSSR count). The van der Waals surface area contributed by atoms with Gasteiger partial charge in [-0.2, -0.15) is 15.8 Å². The molecule has 5 aromatic carbocycles. The SMILES string of the molecule is CC#N.CC#N.CC#N.CCn1c(CN(Cc2nc3ccccc3n2CC)CC([O-])CN(Cc2nc3ccccc3n2CC)Cc2nc3ccccc3n2CC)nc2ccccc21.O=C([O-])c1ccccc1.[Mn+2].[Mn+2].[O-][Cl+3]([O-])([O-])[O-].[O-][Cl+3]([O-])([O-])[O-]. The second-order valence-corrected chi connectivity index (χ2v) is 18.6. The van der Waals surface area contributed by atoms with Gasteiger partial charge in [0.25, 0.3) is 0 Å². The van der Waals surface area contributed by atoms with Crippen LogP contribution in [0.3, 0.4) is 0 Å². The molecule has 0 fully saturated rings. The summed E-state index contributed by atoms with van der Waals surface area (Å²) in [5.41, 5.74) is 8.54. The van der Waals surface area contributed by atoms with E-state index in [0.717, 1.165) is 93.6 Å². The second-order valence-electron chi connectivity index (χ2n) is 17.1. The first-order valence-electron chi connectivity index (χ1n) is 25.3.